The first-order valence-electron chi connectivity index (χ1n) is 6.70. The van der Waals surface area contributed by atoms with Gasteiger partial charge in [0.05, 0.1) is 12.3 Å². The second-order valence-corrected chi connectivity index (χ2v) is 4.57. The third-order valence-corrected chi connectivity index (χ3v) is 3.24. The summed E-state index contributed by atoms with van der Waals surface area (Å²) in [5.74, 6) is 0.830. The summed E-state index contributed by atoms with van der Waals surface area (Å²) in [6.45, 7) is 5.24. The molecule has 1 N–H and O–H groups in total. The lowest BCUT2D eigenvalue weighted by molar-refractivity contribution is 0.418. The van der Waals surface area contributed by atoms with E-state index in [1.807, 2.05) is 26.0 Å². The quantitative estimate of drug-likeness (QED) is 0.854. The molecule has 0 saturated heterocycles. The van der Waals surface area contributed by atoms with Crippen LogP contribution in [-0.4, -0.2) is 15.7 Å². The predicted molar refractivity (Wildman–Crippen MR) is 75.8 cm³/mol. The van der Waals surface area contributed by atoms with Crippen molar-refractivity contribution in [3.8, 4) is 0 Å². The average Bonchev–Trinajstić information content (AvgIpc) is 2.96. The molecule has 0 aliphatic carbocycles. The summed E-state index contributed by atoms with van der Waals surface area (Å²) < 4.78 is 8.04. The highest BCUT2D eigenvalue weighted by molar-refractivity contribution is 5.02. The molecule has 2 aromatic rings. The first kappa shape index (κ1) is 14.3. The maximum atomic E-state index is 12.0. The van der Waals surface area contributed by atoms with Crippen LogP contribution in [0.3, 0.4) is 0 Å². The number of nitrogens with one attached hydrogen (secondary N) is 1. The molecule has 0 aliphatic rings. The van der Waals surface area contributed by atoms with Crippen molar-refractivity contribution in [3.05, 3.63) is 57.3 Å². The maximum absolute atomic E-state index is 12.0. The fourth-order valence-corrected chi connectivity index (χ4v) is 2.03. The summed E-state index contributed by atoms with van der Waals surface area (Å²) in [7, 11) is 0. The molecule has 0 bridgehead atoms. The summed E-state index contributed by atoms with van der Waals surface area (Å²) >= 11 is 0. The van der Waals surface area contributed by atoms with Gasteiger partial charge in [0.15, 0.2) is 0 Å². The van der Waals surface area contributed by atoms with Crippen molar-refractivity contribution in [1.82, 2.24) is 14.5 Å². The molecule has 6 nitrogen and oxygen atoms in total. The van der Waals surface area contributed by atoms with E-state index in [9.17, 15) is 9.59 Å². The Labute approximate surface area is 116 Å². The zero-order chi connectivity index (χ0) is 14.5. The molecule has 1 atom stereocenters. The Hall–Kier alpha value is -2.08. The van der Waals surface area contributed by atoms with E-state index in [1.165, 1.54) is 21.4 Å². The summed E-state index contributed by atoms with van der Waals surface area (Å²) in [6.07, 6.45) is 3.15. The third-order valence-electron chi connectivity index (χ3n) is 3.24. The number of aryl methyl sites for hydroxylation is 1. The van der Waals surface area contributed by atoms with Crippen molar-refractivity contribution in [2.75, 3.05) is 6.54 Å². The van der Waals surface area contributed by atoms with Crippen LogP contribution in [0.25, 0.3) is 0 Å². The molecule has 0 saturated carbocycles. The number of nitrogens with zero attached hydrogens (tertiary/aromatic N) is 2. The third kappa shape index (κ3) is 3.08. The number of furan rings is 1. The topological polar surface area (TPSA) is 69.2 Å². The van der Waals surface area contributed by atoms with Gasteiger partial charge in [-0.1, -0.05) is 0 Å². The Balaban J connectivity index is 2.01. The van der Waals surface area contributed by atoms with Gasteiger partial charge in [0, 0.05) is 31.9 Å². The van der Waals surface area contributed by atoms with Gasteiger partial charge in [-0.05, 0) is 26.0 Å². The van der Waals surface area contributed by atoms with Gasteiger partial charge in [-0.15, -0.1) is 0 Å². The van der Waals surface area contributed by atoms with Crippen LogP contribution in [-0.2, 0) is 13.1 Å². The van der Waals surface area contributed by atoms with Crippen LogP contribution in [0.15, 0.2) is 44.7 Å². The smallest absolute Gasteiger partial charge is 0.330 e. The van der Waals surface area contributed by atoms with Crippen LogP contribution in [0.2, 0.25) is 0 Å². The van der Waals surface area contributed by atoms with Crippen molar-refractivity contribution >= 4 is 0 Å². The molecule has 0 aromatic carbocycles. The van der Waals surface area contributed by atoms with E-state index < -0.39 is 0 Å². The van der Waals surface area contributed by atoms with Gasteiger partial charge in [0.2, 0.25) is 0 Å². The zero-order valence-corrected chi connectivity index (χ0v) is 11.7. The molecule has 6 heteroatoms. The Morgan fingerprint density at radius 1 is 1.35 bits per heavy atom. The van der Waals surface area contributed by atoms with E-state index in [-0.39, 0.29) is 17.3 Å². The Bertz CT molecular complexity index is 655. The molecule has 0 spiro atoms. The van der Waals surface area contributed by atoms with Crippen LogP contribution in [0.1, 0.15) is 25.6 Å². The highest BCUT2D eigenvalue weighted by Gasteiger charge is 2.08. The van der Waals surface area contributed by atoms with E-state index in [4.69, 9.17) is 4.42 Å². The molecular weight excluding hydrogens is 258 g/mol. The van der Waals surface area contributed by atoms with Gasteiger partial charge in [0.1, 0.15) is 5.76 Å². The van der Waals surface area contributed by atoms with E-state index in [2.05, 4.69) is 5.32 Å². The van der Waals surface area contributed by atoms with Gasteiger partial charge < -0.3 is 14.3 Å². The van der Waals surface area contributed by atoms with Gasteiger partial charge in [0.25, 0.3) is 5.56 Å². The van der Waals surface area contributed by atoms with Crippen LogP contribution in [0.5, 0.6) is 0 Å². The van der Waals surface area contributed by atoms with Crippen molar-refractivity contribution in [1.29, 1.82) is 0 Å². The molecule has 20 heavy (non-hydrogen) atoms. The van der Waals surface area contributed by atoms with Gasteiger partial charge in [-0.25, -0.2) is 4.79 Å². The number of aromatic nitrogens is 2. The van der Waals surface area contributed by atoms with Gasteiger partial charge >= 0.3 is 5.69 Å². The molecule has 2 aromatic heterocycles. The fourth-order valence-electron chi connectivity index (χ4n) is 2.03. The molecule has 2 rings (SSSR count). The second-order valence-electron chi connectivity index (χ2n) is 4.57. The second kappa shape index (κ2) is 6.38. The molecule has 0 amide bonds. The van der Waals surface area contributed by atoms with Crippen molar-refractivity contribution in [2.45, 2.75) is 33.0 Å². The number of hydrogen-bond donors (Lipinski definition) is 1. The van der Waals surface area contributed by atoms with Crippen LogP contribution >= 0.6 is 0 Å². The predicted octanol–water partition coefficient (Wildman–Crippen LogP) is 0.974. The van der Waals surface area contributed by atoms with Crippen LogP contribution in [0, 0.1) is 0 Å². The Morgan fingerprint density at radius 2 is 2.15 bits per heavy atom. The lowest BCUT2D eigenvalue weighted by atomic mass is 10.2. The molecule has 108 valence electrons. The minimum atomic E-state index is -0.271. The molecule has 0 aliphatic heterocycles. The maximum Gasteiger partial charge on any atom is 0.330 e. The number of rotatable bonds is 6. The normalized spacial score (nSPS) is 12.5. The molecular formula is C14H19N3O3. The minimum Gasteiger partial charge on any atom is -0.468 e. The fraction of sp³-hybridized carbons (Fsp3) is 0.429. The van der Waals surface area contributed by atoms with Gasteiger partial charge in [-0.3, -0.25) is 9.36 Å². The summed E-state index contributed by atoms with van der Waals surface area (Å²) in [6, 6.07) is 5.17. The Kier molecular flexibility index (Phi) is 4.57. The van der Waals surface area contributed by atoms with E-state index in [0.29, 0.717) is 19.6 Å². The largest absolute Gasteiger partial charge is 0.468 e. The summed E-state index contributed by atoms with van der Waals surface area (Å²) in [5, 5.41) is 3.22. The zero-order valence-electron chi connectivity index (χ0n) is 11.7. The SMILES string of the molecule is CCn1ccc(=O)n(CCNC(C)c2ccco2)c1=O. The minimum absolute atomic E-state index is 0.0396. The highest BCUT2D eigenvalue weighted by atomic mass is 16.3. The summed E-state index contributed by atoms with van der Waals surface area (Å²) in [5.41, 5.74) is -0.542. The lowest BCUT2D eigenvalue weighted by Gasteiger charge is -2.12. The van der Waals surface area contributed by atoms with Crippen molar-refractivity contribution < 1.29 is 4.42 Å². The lowest BCUT2D eigenvalue weighted by Crippen LogP contribution is -2.41. The number of hydrogen-bond acceptors (Lipinski definition) is 4. The highest BCUT2D eigenvalue weighted by Crippen LogP contribution is 2.11. The molecule has 0 radical (unpaired) electrons. The van der Waals surface area contributed by atoms with Gasteiger partial charge in [-0.2, -0.15) is 0 Å². The van der Waals surface area contributed by atoms with Crippen molar-refractivity contribution in [2.24, 2.45) is 0 Å². The van der Waals surface area contributed by atoms with Crippen molar-refractivity contribution in [3.63, 3.8) is 0 Å². The summed E-state index contributed by atoms with van der Waals surface area (Å²) in [4.78, 5) is 23.7. The molecule has 2 heterocycles. The first-order chi connectivity index (χ1) is 9.63. The standard InChI is InChI=1S/C14H19N3O3/c1-3-16-8-6-13(18)17(14(16)19)9-7-15-11(2)12-5-4-10-20-12/h4-6,8,10-11,15H,3,7,9H2,1-2H3. The van der Waals surface area contributed by atoms with Crippen LogP contribution < -0.4 is 16.6 Å². The Morgan fingerprint density at radius 3 is 2.80 bits per heavy atom. The van der Waals surface area contributed by atoms with E-state index in [1.54, 1.807) is 6.26 Å². The molecule has 1 unspecified atom stereocenters. The van der Waals surface area contributed by atoms with E-state index in [0.717, 1.165) is 5.76 Å². The first-order valence-corrected chi connectivity index (χ1v) is 6.70. The molecule has 0 fully saturated rings. The average molecular weight is 277 g/mol. The van der Waals surface area contributed by atoms with Crippen LogP contribution in [0.4, 0.5) is 0 Å². The van der Waals surface area contributed by atoms with E-state index >= 15 is 0 Å². The monoisotopic (exact) mass is 277 g/mol.